The molecule has 2 aromatic heterocycles. The Balaban J connectivity index is 1.87. The van der Waals surface area contributed by atoms with Gasteiger partial charge in [0.15, 0.2) is 10.8 Å². The van der Waals surface area contributed by atoms with E-state index in [1.807, 2.05) is 0 Å². The molecule has 0 atom stereocenters. The second kappa shape index (κ2) is 5.14. The molecule has 2 aromatic rings. The predicted octanol–water partition coefficient (Wildman–Crippen LogP) is 2.87. The summed E-state index contributed by atoms with van der Waals surface area (Å²) in [6, 6.07) is 0. The third-order valence-electron chi connectivity index (χ3n) is 3.21. The first-order chi connectivity index (χ1) is 9.93. The second-order valence-electron chi connectivity index (χ2n) is 4.71. The zero-order chi connectivity index (χ0) is 15.0. The number of hydrogen-bond donors (Lipinski definition) is 2. The van der Waals surface area contributed by atoms with Crippen LogP contribution in [0.2, 0.25) is 0 Å². The zero-order valence-corrected chi connectivity index (χ0v) is 11.6. The molecular weight excluding hydrogens is 305 g/mol. The molecule has 3 rings (SSSR count). The topological polar surface area (TPSA) is 70.7 Å². The van der Waals surface area contributed by atoms with Gasteiger partial charge in [0, 0.05) is 10.9 Å². The third-order valence-corrected chi connectivity index (χ3v) is 3.97. The minimum absolute atomic E-state index is 0.0428. The van der Waals surface area contributed by atoms with Crippen molar-refractivity contribution in [2.75, 3.05) is 5.32 Å². The molecule has 5 nitrogen and oxygen atoms in total. The highest BCUT2D eigenvalue weighted by Gasteiger charge is 2.33. The summed E-state index contributed by atoms with van der Waals surface area (Å²) in [5.41, 5.74) is 0.173. The van der Waals surface area contributed by atoms with Crippen LogP contribution in [0.15, 0.2) is 10.2 Å². The van der Waals surface area contributed by atoms with E-state index in [4.69, 9.17) is 0 Å². The fourth-order valence-electron chi connectivity index (χ4n) is 2.23. The van der Waals surface area contributed by atoms with Crippen LogP contribution in [0.5, 0.6) is 0 Å². The summed E-state index contributed by atoms with van der Waals surface area (Å²) in [5.74, 6) is 0.128. The lowest BCUT2D eigenvalue weighted by Gasteiger charge is -2.14. The molecule has 0 saturated heterocycles. The quantitative estimate of drug-likeness (QED) is 0.894. The Labute approximate surface area is 121 Å². The van der Waals surface area contributed by atoms with E-state index in [0.717, 1.165) is 29.6 Å². The van der Waals surface area contributed by atoms with Crippen molar-refractivity contribution >= 4 is 22.4 Å². The van der Waals surface area contributed by atoms with Crippen LogP contribution in [0.1, 0.15) is 29.8 Å². The molecule has 0 fully saturated rings. The summed E-state index contributed by atoms with van der Waals surface area (Å²) in [7, 11) is 0. The van der Waals surface area contributed by atoms with Gasteiger partial charge in [0.25, 0.3) is 5.56 Å². The SMILES string of the molecule is O=c1[nH]c(Nc2nc(C(F)(F)F)cs2)nc2c1CCCC2. The van der Waals surface area contributed by atoms with Gasteiger partial charge in [-0.1, -0.05) is 0 Å². The molecule has 0 aliphatic heterocycles. The molecule has 112 valence electrons. The summed E-state index contributed by atoms with van der Waals surface area (Å²) >= 11 is 0.810. The summed E-state index contributed by atoms with van der Waals surface area (Å²) in [4.78, 5) is 22.1. The number of aryl methyl sites for hydroxylation is 1. The molecular formula is C12H11F3N4OS. The Kier molecular flexibility index (Phi) is 3.44. The monoisotopic (exact) mass is 316 g/mol. The number of rotatable bonds is 2. The van der Waals surface area contributed by atoms with Gasteiger partial charge in [-0.3, -0.25) is 9.78 Å². The average molecular weight is 316 g/mol. The van der Waals surface area contributed by atoms with Crippen molar-refractivity contribution in [2.24, 2.45) is 0 Å². The lowest BCUT2D eigenvalue weighted by Crippen LogP contribution is -2.22. The number of anilines is 2. The highest BCUT2D eigenvalue weighted by molar-refractivity contribution is 7.13. The summed E-state index contributed by atoms with van der Waals surface area (Å²) in [6.07, 6.45) is -1.18. The van der Waals surface area contributed by atoms with Crippen molar-refractivity contribution in [3.63, 3.8) is 0 Å². The van der Waals surface area contributed by atoms with Crippen molar-refractivity contribution in [1.29, 1.82) is 0 Å². The van der Waals surface area contributed by atoms with E-state index in [9.17, 15) is 18.0 Å². The minimum Gasteiger partial charge on any atom is -0.302 e. The Bertz CT molecular complexity index is 722. The van der Waals surface area contributed by atoms with Gasteiger partial charge in [0.05, 0.1) is 5.69 Å². The standard InChI is InChI=1S/C12H11F3N4OS/c13-12(14,15)8-5-21-11(17-8)19-10-16-7-4-2-1-3-6(7)9(20)18-10/h5H,1-4H2,(H2,16,17,18,19,20). The number of H-pyrrole nitrogens is 1. The highest BCUT2D eigenvalue weighted by Crippen LogP contribution is 2.32. The van der Waals surface area contributed by atoms with Crippen LogP contribution in [0.25, 0.3) is 0 Å². The first-order valence-electron chi connectivity index (χ1n) is 6.35. The fraction of sp³-hybridized carbons (Fsp3) is 0.417. The second-order valence-corrected chi connectivity index (χ2v) is 5.57. The molecule has 9 heteroatoms. The Hall–Kier alpha value is -1.90. The van der Waals surface area contributed by atoms with E-state index in [0.29, 0.717) is 24.1 Å². The maximum atomic E-state index is 12.5. The van der Waals surface area contributed by atoms with Crippen LogP contribution in [0.4, 0.5) is 24.3 Å². The van der Waals surface area contributed by atoms with E-state index < -0.39 is 11.9 Å². The Morgan fingerprint density at radius 3 is 2.71 bits per heavy atom. The maximum absolute atomic E-state index is 12.5. The van der Waals surface area contributed by atoms with Crippen molar-refractivity contribution in [1.82, 2.24) is 15.0 Å². The van der Waals surface area contributed by atoms with Crippen molar-refractivity contribution in [3.8, 4) is 0 Å². The number of nitrogens with one attached hydrogen (secondary N) is 2. The molecule has 0 spiro atoms. The number of hydrogen-bond acceptors (Lipinski definition) is 5. The molecule has 2 N–H and O–H groups in total. The van der Waals surface area contributed by atoms with Gasteiger partial charge in [0.1, 0.15) is 0 Å². The van der Waals surface area contributed by atoms with Gasteiger partial charge in [-0.2, -0.15) is 13.2 Å². The molecule has 0 radical (unpaired) electrons. The number of halogens is 3. The first kappa shape index (κ1) is 14.1. The largest absolute Gasteiger partial charge is 0.434 e. The zero-order valence-electron chi connectivity index (χ0n) is 10.8. The molecule has 0 unspecified atom stereocenters. The Morgan fingerprint density at radius 2 is 2.00 bits per heavy atom. The lowest BCUT2D eigenvalue weighted by molar-refractivity contribution is -0.140. The van der Waals surface area contributed by atoms with Crippen LogP contribution in [-0.2, 0) is 19.0 Å². The van der Waals surface area contributed by atoms with Crippen LogP contribution in [-0.4, -0.2) is 15.0 Å². The van der Waals surface area contributed by atoms with Gasteiger partial charge >= 0.3 is 6.18 Å². The van der Waals surface area contributed by atoms with Crippen LogP contribution in [0.3, 0.4) is 0 Å². The molecule has 1 aliphatic rings. The molecule has 2 heterocycles. The van der Waals surface area contributed by atoms with Crippen molar-refractivity contribution in [2.45, 2.75) is 31.9 Å². The van der Waals surface area contributed by atoms with E-state index in [1.54, 1.807) is 0 Å². The number of aromatic nitrogens is 3. The van der Waals surface area contributed by atoms with Gasteiger partial charge < -0.3 is 5.32 Å². The van der Waals surface area contributed by atoms with Crippen LogP contribution in [0, 0.1) is 0 Å². The molecule has 21 heavy (non-hydrogen) atoms. The third kappa shape index (κ3) is 2.92. The average Bonchev–Trinajstić information content (AvgIpc) is 2.87. The first-order valence-corrected chi connectivity index (χ1v) is 7.23. The maximum Gasteiger partial charge on any atom is 0.434 e. The van der Waals surface area contributed by atoms with Crippen LogP contribution < -0.4 is 10.9 Å². The van der Waals surface area contributed by atoms with E-state index in [1.165, 1.54) is 0 Å². The molecule has 0 aromatic carbocycles. The highest BCUT2D eigenvalue weighted by atomic mass is 32.1. The van der Waals surface area contributed by atoms with Gasteiger partial charge in [-0.05, 0) is 25.7 Å². The summed E-state index contributed by atoms with van der Waals surface area (Å²) in [6.45, 7) is 0. The van der Waals surface area contributed by atoms with E-state index in [2.05, 4.69) is 20.3 Å². The van der Waals surface area contributed by atoms with E-state index in [-0.39, 0.29) is 16.6 Å². The number of alkyl halides is 3. The molecule has 1 aliphatic carbocycles. The summed E-state index contributed by atoms with van der Waals surface area (Å²) in [5, 5.41) is 3.59. The van der Waals surface area contributed by atoms with Gasteiger partial charge in [0.2, 0.25) is 5.95 Å². The fourth-order valence-corrected chi connectivity index (χ4v) is 2.94. The molecule has 0 saturated carbocycles. The smallest absolute Gasteiger partial charge is 0.302 e. The normalized spacial score (nSPS) is 14.8. The van der Waals surface area contributed by atoms with Crippen molar-refractivity contribution in [3.05, 3.63) is 32.7 Å². The van der Waals surface area contributed by atoms with Crippen molar-refractivity contribution < 1.29 is 13.2 Å². The molecule has 0 bridgehead atoms. The number of fused-ring (bicyclic) bond motifs is 1. The van der Waals surface area contributed by atoms with E-state index >= 15 is 0 Å². The van der Waals surface area contributed by atoms with Gasteiger partial charge in [-0.25, -0.2) is 9.97 Å². The minimum atomic E-state index is -4.48. The van der Waals surface area contributed by atoms with Gasteiger partial charge in [-0.15, -0.1) is 11.3 Å². The molecule has 0 amide bonds. The number of aromatic amines is 1. The van der Waals surface area contributed by atoms with Crippen LogP contribution >= 0.6 is 11.3 Å². The number of nitrogens with zero attached hydrogens (tertiary/aromatic N) is 2. The Morgan fingerprint density at radius 1 is 1.24 bits per heavy atom. The number of thiazole rings is 1. The predicted molar refractivity (Wildman–Crippen MR) is 71.9 cm³/mol. The lowest BCUT2D eigenvalue weighted by atomic mass is 9.97. The summed E-state index contributed by atoms with van der Waals surface area (Å²) < 4.78 is 37.4.